The Morgan fingerprint density at radius 3 is 2.61 bits per heavy atom. The minimum Gasteiger partial charge on any atom is -0.352 e. The standard InChI is InChI=1S/C21H24F3N5O2/c1-25-20(26-12-16-3-2-4-19(11-16)29(30)31)27-18-9-10-28(14-18)13-15-5-7-17(8-6-15)21(22,23)24/h2-8,11,18H,9-10,12-14H2,1H3,(H2,25,26,27). The topological polar surface area (TPSA) is 82.8 Å². The van der Waals surface area contributed by atoms with Gasteiger partial charge in [0.05, 0.1) is 10.5 Å². The molecule has 0 spiro atoms. The van der Waals surface area contributed by atoms with Crippen LogP contribution in [0.5, 0.6) is 0 Å². The number of likely N-dealkylation sites (tertiary alicyclic amines) is 1. The Morgan fingerprint density at radius 2 is 1.97 bits per heavy atom. The van der Waals surface area contributed by atoms with Crippen LogP contribution in [-0.4, -0.2) is 42.0 Å². The highest BCUT2D eigenvalue weighted by Crippen LogP contribution is 2.29. The van der Waals surface area contributed by atoms with E-state index in [9.17, 15) is 23.3 Å². The average molecular weight is 435 g/mol. The average Bonchev–Trinajstić information content (AvgIpc) is 3.17. The van der Waals surface area contributed by atoms with Crippen LogP contribution in [0, 0.1) is 10.1 Å². The third-order valence-corrected chi connectivity index (χ3v) is 5.11. The monoisotopic (exact) mass is 435 g/mol. The van der Waals surface area contributed by atoms with Gasteiger partial charge in [-0.1, -0.05) is 24.3 Å². The molecule has 0 radical (unpaired) electrons. The zero-order chi connectivity index (χ0) is 22.4. The number of hydrogen-bond donors (Lipinski definition) is 2. The summed E-state index contributed by atoms with van der Waals surface area (Å²) in [6.45, 7) is 2.53. The molecular formula is C21H24F3N5O2. The molecule has 1 fully saturated rings. The van der Waals surface area contributed by atoms with E-state index in [0.29, 0.717) is 19.0 Å². The van der Waals surface area contributed by atoms with Crippen LogP contribution < -0.4 is 10.6 Å². The Kier molecular flexibility index (Phi) is 7.11. The molecular weight excluding hydrogens is 411 g/mol. The zero-order valence-corrected chi connectivity index (χ0v) is 17.0. The molecule has 166 valence electrons. The lowest BCUT2D eigenvalue weighted by molar-refractivity contribution is -0.384. The van der Waals surface area contributed by atoms with Gasteiger partial charge in [-0.15, -0.1) is 0 Å². The number of alkyl halides is 3. The van der Waals surface area contributed by atoms with E-state index >= 15 is 0 Å². The molecule has 2 aromatic carbocycles. The molecule has 1 aliphatic heterocycles. The molecule has 2 aromatic rings. The molecule has 0 saturated carbocycles. The maximum absolute atomic E-state index is 12.7. The number of aliphatic imine (C=N–C) groups is 1. The molecule has 0 amide bonds. The minimum atomic E-state index is -4.32. The van der Waals surface area contributed by atoms with Gasteiger partial charge in [0, 0.05) is 51.4 Å². The highest BCUT2D eigenvalue weighted by molar-refractivity contribution is 5.80. The van der Waals surface area contributed by atoms with Gasteiger partial charge in [0.2, 0.25) is 0 Å². The van der Waals surface area contributed by atoms with Crippen molar-refractivity contribution >= 4 is 11.6 Å². The Hall–Kier alpha value is -3.14. The molecule has 7 nitrogen and oxygen atoms in total. The van der Waals surface area contributed by atoms with E-state index in [1.807, 2.05) is 0 Å². The number of halogens is 3. The summed E-state index contributed by atoms with van der Waals surface area (Å²) in [4.78, 5) is 16.8. The van der Waals surface area contributed by atoms with Crippen molar-refractivity contribution in [3.8, 4) is 0 Å². The van der Waals surface area contributed by atoms with E-state index in [-0.39, 0.29) is 11.7 Å². The highest BCUT2D eigenvalue weighted by Gasteiger charge is 2.30. The molecule has 0 aromatic heterocycles. The molecule has 10 heteroatoms. The second-order valence-electron chi connectivity index (χ2n) is 7.41. The summed E-state index contributed by atoms with van der Waals surface area (Å²) in [5.74, 6) is 0.591. The Morgan fingerprint density at radius 1 is 1.23 bits per heavy atom. The Balaban J connectivity index is 1.48. The van der Waals surface area contributed by atoms with Crippen molar-refractivity contribution in [1.82, 2.24) is 15.5 Å². The van der Waals surface area contributed by atoms with Gasteiger partial charge < -0.3 is 10.6 Å². The number of hydrogen-bond acceptors (Lipinski definition) is 4. The predicted molar refractivity (Wildman–Crippen MR) is 112 cm³/mol. The molecule has 2 N–H and O–H groups in total. The number of guanidine groups is 1. The molecule has 0 bridgehead atoms. The van der Waals surface area contributed by atoms with Crippen LogP contribution >= 0.6 is 0 Å². The molecule has 3 rings (SSSR count). The summed E-state index contributed by atoms with van der Waals surface area (Å²) in [5.41, 5.74) is 1.00. The van der Waals surface area contributed by atoms with Crippen molar-refractivity contribution in [2.45, 2.75) is 31.7 Å². The third kappa shape index (κ3) is 6.42. The second-order valence-corrected chi connectivity index (χ2v) is 7.41. The van der Waals surface area contributed by atoms with E-state index in [1.165, 1.54) is 24.3 Å². The second kappa shape index (κ2) is 9.78. The van der Waals surface area contributed by atoms with Crippen molar-refractivity contribution in [2.24, 2.45) is 4.99 Å². The van der Waals surface area contributed by atoms with Crippen molar-refractivity contribution < 1.29 is 18.1 Å². The predicted octanol–water partition coefficient (Wildman–Crippen LogP) is 3.55. The highest BCUT2D eigenvalue weighted by atomic mass is 19.4. The normalized spacial score (nSPS) is 17.5. The molecule has 1 atom stereocenters. The lowest BCUT2D eigenvalue weighted by atomic mass is 10.1. The van der Waals surface area contributed by atoms with Gasteiger partial charge >= 0.3 is 6.18 Å². The largest absolute Gasteiger partial charge is 0.416 e. The van der Waals surface area contributed by atoms with Gasteiger partial charge in [-0.2, -0.15) is 13.2 Å². The van der Waals surface area contributed by atoms with Crippen LogP contribution in [0.1, 0.15) is 23.1 Å². The summed E-state index contributed by atoms with van der Waals surface area (Å²) >= 11 is 0. The first-order valence-corrected chi connectivity index (χ1v) is 9.83. The molecule has 1 heterocycles. The van der Waals surface area contributed by atoms with E-state index in [2.05, 4.69) is 20.5 Å². The van der Waals surface area contributed by atoms with Gasteiger partial charge in [0.15, 0.2) is 5.96 Å². The van der Waals surface area contributed by atoms with Crippen molar-refractivity contribution in [3.05, 3.63) is 75.3 Å². The molecule has 0 aliphatic carbocycles. The number of non-ortho nitro benzene ring substituents is 1. The van der Waals surface area contributed by atoms with Gasteiger partial charge in [-0.05, 0) is 29.7 Å². The number of rotatable bonds is 6. The maximum Gasteiger partial charge on any atom is 0.416 e. The lowest BCUT2D eigenvalue weighted by Gasteiger charge is -2.19. The summed E-state index contributed by atoms with van der Waals surface area (Å²) in [6, 6.07) is 11.8. The number of nitrogens with zero attached hydrogens (tertiary/aromatic N) is 3. The van der Waals surface area contributed by atoms with E-state index < -0.39 is 16.7 Å². The first kappa shape index (κ1) is 22.5. The number of nitro benzene ring substituents is 1. The summed E-state index contributed by atoms with van der Waals surface area (Å²) < 4.78 is 38.1. The molecule has 31 heavy (non-hydrogen) atoms. The third-order valence-electron chi connectivity index (χ3n) is 5.11. The maximum atomic E-state index is 12.7. The van der Waals surface area contributed by atoms with Gasteiger partial charge in [-0.25, -0.2) is 0 Å². The summed E-state index contributed by atoms with van der Waals surface area (Å²) in [6.07, 6.45) is -3.45. The lowest BCUT2D eigenvalue weighted by Crippen LogP contribution is -2.44. The van der Waals surface area contributed by atoms with Gasteiger partial charge in [0.25, 0.3) is 5.69 Å². The van der Waals surface area contributed by atoms with Gasteiger partial charge in [0.1, 0.15) is 0 Å². The molecule has 1 unspecified atom stereocenters. The first-order chi connectivity index (χ1) is 14.7. The fourth-order valence-corrected chi connectivity index (χ4v) is 3.51. The van der Waals surface area contributed by atoms with Crippen molar-refractivity contribution in [2.75, 3.05) is 20.1 Å². The SMILES string of the molecule is CN=C(NCc1cccc([N+](=O)[O-])c1)NC1CCN(Cc2ccc(C(F)(F)F)cc2)C1. The van der Waals surface area contributed by atoms with Crippen LogP contribution in [0.4, 0.5) is 18.9 Å². The smallest absolute Gasteiger partial charge is 0.352 e. The van der Waals surface area contributed by atoms with Crippen LogP contribution in [-0.2, 0) is 19.3 Å². The van der Waals surface area contributed by atoms with Crippen molar-refractivity contribution in [1.29, 1.82) is 0 Å². The van der Waals surface area contributed by atoms with E-state index in [4.69, 9.17) is 0 Å². The van der Waals surface area contributed by atoms with Crippen LogP contribution in [0.25, 0.3) is 0 Å². The Labute approximate surface area is 178 Å². The minimum absolute atomic E-state index is 0.0388. The van der Waals surface area contributed by atoms with E-state index in [1.54, 1.807) is 19.2 Å². The number of nitro groups is 1. The summed E-state index contributed by atoms with van der Waals surface area (Å²) in [5, 5.41) is 17.4. The quantitative estimate of drug-likeness (QED) is 0.314. The van der Waals surface area contributed by atoms with Crippen LogP contribution in [0.3, 0.4) is 0 Å². The van der Waals surface area contributed by atoms with Crippen LogP contribution in [0.15, 0.2) is 53.5 Å². The Bertz CT molecular complexity index is 931. The fourth-order valence-electron chi connectivity index (χ4n) is 3.51. The number of nitrogens with one attached hydrogen (secondary N) is 2. The molecule has 1 saturated heterocycles. The fraction of sp³-hybridized carbons (Fsp3) is 0.381. The van der Waals surface area contributed by atoms with Crippen LogP contribution in [0.2, 0.25) is 0 Å². The number of benzene rings is 2. The summed E-state index contributed by atoms with van der Waals surface area (Å²) in [7, 11) is 1.65. The van der Waals surface area contributed by atoms with Crippen molar-refractivity contribution in [3.63, 3.8) is 0 Å². The zero-order valence-electron chi connectivity index (χ0n) is 17.0. The van der Waals surface area contributed by atoms with Gasteiger partial charge in [-0.3, -0.25) is 20.0 Å². The molecule has 1 aliphatic rings. The van der Waals surface area contributed by atoms with E-state index in [0.717, 1.165) is 42.8 Å². The first-order valence-electron chi connectivity index (χ1n) is 9.83.